The number of hydrogen-bond donors (Lipinski definition) is 4. The molecule has 1 aliphatic rings. The van der Waals surface area contributed by atoms with E-state index in [-0.39, 0.29) is 0 Å². The normalized spacial score (nSPS) is 29.7. The van der Waals surface area contributed by atoms with Crippen LogP contribution in [0.3, 0.4) is 0 Å². The first-order chi connectivity index (χ1) is 12.0. The summed E-state index contributed by atoms with van der Waals surface area (Å²) in [6.45, 7) is 1.64. The molecule has 4 N–H and O–H groups in total. The maximum absolute atomic E-state index is 10.0. The molecule has 25 heavy (non-hydrogen) atoms. The van der Waals surface area contributed by atoms with Crippen LogP contribution in [-0.2, 0) is 4.74 Å². The van der Waals surface area contributed by atoms with Gasteiger partial charge in [-0.2, -0.15) is 10.2 Å². The SMILES string of the molecule is C[C@@H]1O[C@H](Nc2ccc(N=Nc3ccccc3)cc2)[C@H](O)[C@H](O)[C@H]1O. The Labute approximate surface area is 145 Å². The maximum Gasteiger partial charge on any atom is 0.157 e. The van der Waals surface area contributed by atoms with Gasteiger partial charge in [0.05, 0.1) is 17.5 Å². The van der Waals surface area contributed by atoms with Crippen molar-refractivity contribution in [3.05, 3.63) is 54.6 Å². The lowest BCUT2D eigenvalue weighted by atomic mass is 9.99. The molecule has 2 aromatic carbocycles. The van der Waals surface area contributed by atoms with Crippen LogP contribution in [-0.4, -0.2) is 46.0 Å². The van der Waals surface area contributed by atoms with Crippen molar-refractivity contribution in [2.24, 2.45) is 10.2 Å². The lowest BCUT2D eigenvalue weighted by Crippen LogP contribution is -2.58. The van der Waals surface area contributed by atoms with E-state index in [2.05, 4.69) is 15.5 Å². The number of nitrogens with zero attached hydrogens (tertiary/aromatic N) is 2. The molecule has 0 saturated carbocycles. The first kappa shape index (κ1) is 17.5. The average Bonchev–Trinajstić information content (AvgIpc) is 2.64. The molecule has 0 bridgehead atoms. The third-order valence-corrected chi connectivity index (χ3v) is 4.07. The van der Waals surface area contributed by atoms with Gasteiger partial charge in [-0.05, 0) is 43.3 Å². The highest BCUT2D eigenvalue weighted by Gasteiger charge is 2.41. The zero-order valence-corrected chi connectivity index (χ0v) is 13.7. The van der Waals surface area contributed by atoms with E-state index in [0.717, 1.165) is 5.69 Å². The minimum absolute atomic E-state index is 0.588. The highest BCUT2D eigenvalue weighted by molar-refractivity contribution is 5.51. The fourth-order valence-electron chi connectivity index (χ4n) is 2.57. The average molecular weight is 343 g/mol. The number of aliphatic hydroxyl groups excluding tert-OH is 3. The summed E-state index contributed by atoms with van der Waals surface area (Å²) < 4.78 is 5.51. The van der Waals surface area contributed by atoms with Gasteiger partial charge in [-0.15, -0.1) is 0 Å². The number of azo groups is 1. The molecule has 1 saturated heterocycles. The van der Waals surface area contributed by atoms with E-state index < -0.39 is 30.6 Å². The monoisotopic (exact) mass is 343 g/mol. The first-order valence-electron chi connectivity index (χ1n) is 8.07. The van der Waals surface area contributed by atoms with E-state index in [4.69, 9.17) is 4.74 Å². The van der Waals surface area contributed by atoms with Crippen LogP contribution in [0.1, 0.15) is 6.92 Å². The molecule has 0 radical (unpaired) electrons. The highest BCUT2D eigenvalue weighted by Crippen LogP contribution is 2.24. The predicted molar refractivity (Wildman–Crippen MR) is 93.0 cm³/mol. The van der Waals surface area contributed by atoms with Crippen molar-refractivity contribution in [2.75, 3.05) is 5.32 Å². The summed E-state index contributed by atoms with van der Waals surface area (Å²) in [6.07, 6.45) is -5.02. The van der Waals surface area contributed by atoms with Gasteiger partial charge in [0.15, 0.2) is 6.23 Å². The van der Waals surface area contributed by atoms with E-state index in [9.17, 15) is 15.3 Å². The number of benzene rings is 2. The minimum Gasteiger partial charge on any atom is -0.388 e. The van der Waals surface area contributed by atoms with E-state index in [1.807, 2.05) is 30.3 Å². The molecular formula is C18H21N3O4. The van der Waals surface area contributed by atoms with Gasteiger partial charge in [-0.25, -0.2) is 0 Å². The van der Waals surface area contributed by atoms with Crippen molar-refractivity contribution in [3.8, 4) is 0 Å². The molecule has 132 valence electrons. The summed E-state index contributed by atoms with van der Waals surface area (Å²) in [5.74, 6) is 0. The Balaban J connectivity index is 1.64. The lowest BCUT2D eigenvalue weighted by Gasteiger charge is -2.39. The van der Waals surface area contributed by atoms with Gasteiger partial charge in [-0.3, -0.25) is 0 Å². The molecule has 3 rings (SSSR count). The van der Waals surface area contributed by atoms with Crippen LogP contribution >= 0.6 is 0 Å². The molecule has 1 heterocycles. The number of ether oxygens (including phenoxy) is 1. The lowest BCUT2D eigenvalue weighted by molar-refractivity contribution is -0.209. The Morgan fingerprint density at radius 3 is 2.04 bits per heavy atom. The number of nitrogens with one attached hydrogen (secondary N) is 1. The highest BCUT2D eigenvalue weighted by atomic mass is 16.5. The summed E-state index contributed by atoms with van der Waals surface area (Å²) in [4.78, 5) is 0. The van der Waals surface area contributed by atoms with Gasteiger partial charge in [0.1, 0.15) is 18.3 Å². The summed E-state index contributed by atoms with van der Waals surface area (Å²) >= 11 is 0. The molecule has 7 heteroatoms. The third-order valence-electron chi connectivity index (χ3n) is 4.07. The molecule has 1 fully saturated rings. The Kier molecular flexibility index (Phi) is 5.40. The number of hydrogen-bond acceptors (Lipinski definition) is 7. The Morgan fingerprint density at radius 2 is 1.40 bits per heavy atom. The Hall–Kier alpha value is -2.32. The zero-order chi connectivity index (χ0) is 17.8. The largest absolute Gasteiger partial charge is 0.388 e. The second-order valence-electron chi connectivity index (χ2n) is 5.96. The summed E-state index contributed by atoms with van der Waals surface area (Å²) in [5, 5.41) is 40.9. The fraction of sp³-hybridized carbons (Fsp3) is 0.333. The second-order valence-corrected chi connectivity index (χ2v) is 5.96. The molecule has 7 nitrogen and oxygen atoms in total. The molecule has 0 aliphatic carbocycles. The van der Waals surface area contributed by atoms with Crippen LogP contribution in [0.4, 0.5) is 17.1 Å². The molecule has 1 aliphatic heterocycles. The maximum atomic E-state index is 10.0. The van der Waals surface area contributed by atoms with Gasteiger partial charge in [0.25, 0.3) is 0 Å². The van der Waals surface area contributed by atoms with E-state index in [0.29, 0.717) is 11.4 Å². The van der Waals surface area contributed by atoms with Crippen molar-refractivity contribution in [1.29, 1.82) is 0 Å². The first-order valence-corrected chi connectivity index (χ1v) is 8.07. The molecule has 0 spiro atoms. The predicted octanol–water partition coefficient (Wildman–Crippen LogP) is 2.34. The molecule has 2 aromatic rings. The number of rotatable bonds is 4. The summed E-state index contributed by atoms with van der Waals surface area (Å²) in [5.41, 5.74) is 2.15. The van der Waals surface area contributed by atoms with Gasteiger partial charge in [0.2, 0.25) is 0 Å². The molecule has 0 amide bonds. The zero-order valence-electron chi connectivity index (χ0n) is 13.7. The molecule has 5 atom stereocenters. The van der Waals surface area contributed by atoms with Crippen molar-refractivity contribution >= 4 is 17.1 Å². The van der Waals surface area contributed by atoms with Crippen LogP contribution in [0.5, 0.6) is 0 Å². The van der Waals surface area contributed by atoms with E-state index >= 15 is 0 Å². The van der Waals surface area contributed by atoms with Gasteiger partial charge in [-0.1, -0.05) is 18.2 Å². The number of aliphatic hydroxyl groups is 3. The molecule has 0 unspecified atom stereocenters. The standard InChI is InChI=1S/C18H21N3O4/c1-11-15(22)16(23)17(24)18(25-11)19-12-7-9-14(10-8-12)21-20-13-5-3-2-4-6-13/h2-11,15-19,22-24H,1H3/t11-,15-,16+,17+,18-/m0/s1. The van der Waals surface area contributed by atoms with Crippen molar-refractivity contribution < 1.29 is 20.1 Å². The van der Waals surface area contributed by atoms with Crippen LogP contribution in [0.2, 0.25) is 0 Å². The van der Waals surface area contributed by atoms with Gasteiger partial charge >= 0.3 is 0 Å². The smallest absolute Gasteiger partial charge is 0.157 e. The van der Waals surface area contributed by atoms with Crippen molar-refractivity contribution in [2.45, 2.75) is 37.6 Å². The fourth-order valence-corrected chi connectivity index (χ4v) is 2.57. The Morgan fingerprint density at radius 1 is 0.800 bits per heavy atom. The molecule has 0 aromatic heterocycles. The summed E-state index contributed by atoms with van der Waals surface area (Å²) in [7, 11) is 0. The number of anilines is 1. The van der Waals surface area contributed by atoms with E-state index in [1.54, 1.807) is 31.2 Å². The van der Waals surface area contributed by atoms with Gasteiger partial charge < -0.3 is 25.4 Å². The van der Waals surface area contributed by atoms with E-state index in [1.165, 1.54) is 0 Å². The van der Waals surface area contributed by atoms with Crippen LogP contribution < -0.4 is 5.32 Å². The van der Waals surface area contributed by atoms with Crippen LogP contribution in [0, 0.1) is 0 Å². The third kappa shape index (κ3) is 4.21. The quantitative estimate of drug-likeness (QED) is 0.638. The summed E-state index contributed by atoms with van der Waals surface area (Å²) in [6, 6.07) is 16.5. The van der Waals surface area contributed by atoms with Crippen LogP contribution in [0.25, 0.3) is 0 Å². The minimum atomic E-state index is -1.26. The second kappa shape index (κ2) is 7.71. The van der Waals surface area contributed by atoms with Crippen molar-refractivity contribution in [3.63, 3.8) is 0 Å². The van der Waals surface area contributed by atoms with Crippen molar-refractivity contribution in [1.82, 2.24) is 0 Å². The van der Waals surface area contributed by atoms with Crippen LogP contribution in [0.15, 0.2) is 64.8 Å². The topological polar surface area (TPSA) is 107 Å². The van der Waals surface area contributed by atoms with Gasteiger partial charge in [0, 0.05) is 5.69 Å². The Bertz CT molecular complexity index is 708. The molecular weight excluding hydrogens is 322 g/mol.